The predicted molar refractivity (Wildman–Crippen MR) is 73.8 cm³/mol. The van der Waals surface area contributed by atoms with Gasteiger partial charge >= 0.3 is 0 Å². The Morgan fingerprint density at radius 3 is 2.78 bits per heavy atom. The Hall–Kier alpha value is -1.81. The molecule has 0 spiro atoms. The van der Waals surface area contributed by atoms with Gasteiger partial charge in [0.05, 0.1) is 12.6 Å². The molecule has 0 aliphatic carbocycles. The van der Waals surface area contributed by atoms with Crippen molar-refractivity contribution < 1.29 is 4.74 Å². The zero-order chi connectivity index (χ0) is 13.1. The van der Waals surface area contributed by atoms with Crippen molar-refractivity contribution in [2.75, 3.05) is 19.5 Å². The molecular formula is C14H18N2O2. The van der Waals surface area contributed by atoms with Crippen molar-refractivity contribution in [3.63, 3.8) is 0 Å². The second-order valence-corrected chi connectivity index (χ2v) is 4.35. The molecule has 96 valence electrons. The lowest BCUT2D eigenvalue weighted by molar-refractivity contribution is 0.152. The third-order valence-corrected chi connectivity index (χ3v) is 3.19. The van der Waals surface area contributed by atoms with Crippen LogP contribution in [0.15, 0.2) is 35.1 Å². The standard InChI is InChI=1S/C14H18N2O2/c1-3-11(9-18-2)16-13(15)8-10-6-4-5-7-12(10)14(16)17/h4-8,11H,3,9,15H2,1-2H3. The van der Waals surface area contributed by atoms with Gasteiger partial charge in [-0.1, -0.05) is 25.1 Å². The minimum Gasteiger partial charge on any atom is -0.385 e. The summed E-state index contributed by atoms with van der Waals surface area (Å²) >= 11 is 0. The number of ether oxygens (including phenoxy) is 1. The number of methoxy groups -OCH3 is 1. The fraction of sp³-hybridized carbons (Fsp3) is 0.357. The number of pyridine rings is 1. The summed E-state index contributed by atoms with van der Waals surface area (Å²) in [6.45, 7) is 2.50. The fourth-order valence-electron chi connectivity index (χ4n) is 2.24. The van der Waals surface area contributed by atoms with Crippen LogP contribution in [0.5, 0.6) is 0 Å². The van der Waals surface area contributed by atoms with Crippen molar-refractivity contribution in [3.8, 4) is 0 Å². The van der Waals surface area contributed by atoms with Crippen LogP contribution in [0.3, 0.4) is 0 Å². The van der Waals surface area contributed by atoms with Crippen molar-refractivity contribution >= 4 is 16.6 Å². The number of hydrogen-bond acceptors (Lipinski definition) is 3. The van der Waals surface area contributed by atoms with Crippen LogP contribution in [0.1, 0.15) is 19.4 Å². The van der Waals surface area contributed by atoms with Gasteiger partial charge in [-0.3, -0.25) is 9.36 Å². The second-order valence-electron chi connectivity index (χ2n) is 4.35. The number of anilines is 1. The topological polar surface area (TPSA) is 57.2 Å². The highest BCUT2D eigenvalue weighted by molar-refractivity contribution is 5.83. The molecule has 0 saturated carbocycles. The number of nitrogens with zero attached hydrogens (tertiary/aromatic N) is 1. The quantitative estimate of drug-likeness (QED) is 0.899. The van der Waals surface area contributed by atoms with Crippen LogP contribution < -0.4 is 11.3 Å². The highest BCUT2D eigenvalue weighted by Gasteiger charge is 2.15. The van der Waals surface area contributed by atoms with Gasteiger partial charge in [0.25, 0.3) is 5.56 Å². The molecule has 1 atom stereocenters. The highest BCUT2D eigenvalue weighted by atomic mass is 16.5. The van der Waals surface area contributed by atoms with Gasteiger partial charge in [0, 0.05) is 12.5 Å². The maximum atomic E-state index is 12.5. The van der Waals surface area contributed by atoms with Crippen LogP contribution in [-0.4, -0.2) is 18.3 Å². The monoisotopic (exact) mass is 246 g/mol. The molecule has 1 heterocycles. The van der Waals surface area contributed by atoms with Crippen molar-refractivity contribution in [1.29, 1.82) is 0 Å². The summed E-state index contributed by atoms with van der Waals surface area (Å²) in [6.07, 6.45) is 0.802. The van der Waals surface area contributed by atoms with E-state index < -0.39 is 0 Å². The average Bonchev–Trinajstić information content (AvgIpc) is 2.37. The number of hydrogen-bond donors (Lipinski definition) is 1. The third kappa shape index (κ3) is 2.11. The zero-order valence-corrected chi connectivity index (χ0v) is 10.7. The first-order valence-corrected chi connectivity index (χ1v) is 6.07. The van der Waals surface area contributed by atoms with Gasteiger partial charge in [-0.25, -0.2) is 0 Å². The van der Waals surface area contributed by atoms with Crippen molar-refractivity contribution in [2.45, 2.75) is 19.4 Å². The Kier molecular flexibility index (Phi) is 3.67. The lowest BCUT2D eigenvalue weighted by Gasteiger charge is -2.20. The largest absolute Gasteiger partial charge is 0.385 e. The first-order valence-electron chi connectivity index (χ1n) is 6.07. The minimum absolute atomic E-state index is 0.0212. The zero-order valence-electron chi connectivity index (χ0n) is 10.7. The molecule has 0 aliphatic rings. The van der Waals surface area contributed by atoms with E-state index in [0.717, 1.165) is 11.8 Å². The molecule has 4 nitrogen and oxygen atoms in total. The molecular weight excluding hydrogens is 228 g/mol. The lowest BCUT2D eigenvalue weighted by Crippen LogP contribution is -2.29. The second kappa shape index (κ2) is 5.23. The van der Waals surface area contributed by atoms with Gasteiger partial charge in [0.15, 0.2) is 0 Å². The number of nitrogens with two attached hydrogens (primary N) is 1. The molecule has 1 unspecified atom stereocenters. The summed E-state index contributed by atoms with van der Waals surface area (Å²) in [5.74, 6) is 0.489. The van der Waals surface area contributed by atoms with E-state index in [1.807, 2.05) is 37.3 Å². The Bertz CT molecular complexity index is 604. The molecule has 4 heteroatoms. The molecule has 0 amide bonds. The molecule has 2 rings (SSSR count). The van der Waals surface area contributed by atoms with Crippen molar-refractivity contribution in [2.24, 2.45) is 0 Å². The minimum atomic E-state index is -0.0468. The molecule has 1 aromatic heterocycles. The van der Waals surface area contributed by atoms with Gasteiger partial charge < -0.3 is 10.5 Å². The van der Waals surface area contributed by atoms with E-state index in [2.05, 4.69) is 0 Å². The number of aromatic nitrogens is 1. The third-order valence-electron chi connectivity index (χ3n) is 3.19. The van der Waals surface area contributed by atoms with Crippen molar-refractivity contribution in [1.82, 2.24) is 4.57 Å². The molecule has 0 aliphatic heterocycles. The smallest absolute Gasteiger partial charge is 0.260 e. The van der Waals surface area contributed by atoms with Gasteiger partial charge in [0.2, 0.25) is 0 Å². The predicted octanol–water partition coefficient (Wildman–Crippen LogP) is 2.18. The van der Waals surface area contributed by atoms with E-state index in [-0.39, 0.29) is 11.6 Å². The van der Waals surface area contributed by atoms with E-state index in [0.29, 0.717) is 17.8 Å². The molecule has 2 N–H and O–H groups in total. The normalized spacial score (nSPS) is 12.8. The number of fused-ring (bicyclic) bond motifs is 1. The van der Waals surface area contributed by atoms with Crippen LogP contribution in [-0.2, 0) is 4.74 Å². The summed E-state index contributed by atoms with van der Waals surface area (Å²) in [4.78, 5) is 12.5. The van der Waals surface area contributed by atoms with Crippen LogP contribution >= 0.6 is 0 Å². The summed E-state index contributed by atoms with van der Waals surface area (Å²) in [5, 5.41) is 1.57. The molecule has 0 fully saturated rings. The molecule has 0 radical (unpaired) electrons. The summed E-state index contributed by atoms with van der Waals surface area (Å²) in [7, 11) is 1.63. The van der Waals surface area contributed by atoms with Crippen molar-refractivity contribution in [3.05, 3.63) is 40.7 Å². The Labute approximate surface area is 106 Å². The van der Waals surface area contributed by atoms with E-state index >= 15 is 0 Å². The number of benzene rings is 1. The highest BCUT2D eigenvalue weighted by Crippen LogP contribution is 2.19. The Balaban J connectivity index is 2.67. The van der Waals surface area contributed by atoms with Crippen LogP contribution in [0.2, 0.25) is 0 Å². The summed E-state index contributed by atoms with van der Waals surface area (Å²) in [6, 6.07) is 9.31. The first kappa shape index (κ1) is 12.6. The lowest BCUT2D eigenvalue weighted by atomic mass is 10.1. The Morgan fingerprint density at radius 1 is 1.39 bits per heavy atom. The molecule has 2 aromatic rings. The maximum absolute atomic E-state index is 12.5. The van der Waals surface area contributed by atoms with E-state index in [9.17, 15) is 4.79 Å². The molecule has 18 heavy (non-hydrogen) atoms. The van der Waals surface area contributed by atoms with Crippen LogP contribution in [0, 0.1) is 0 Å². The summed E-state index contributed by atoms with van der Waals surface area (Å²) in [5.41, 5.74) is 5.95. The van der Waals surface area contributed by atoms with Gasteiger partial charge in [-0.15, -0.1) is 0 Å². The first-order chi connectivity index (χ1) is 8.69. The Morgan fingerprint density at radius 2 is 2.11 bits per heavy atom. The maximum Gasteiger partial charge on any atom is 0.260 e. The molecule has 0 saturated heterocycles. The summed E-state index contributed by atoms with van der Waals surface area (Å²) < 4.78 is 6.79. The SMILES string of the molecule is CCC(COC)n1c(N)cc2ccccc2c1=O. The fourth-order valence-corrected chi connectivity index (χ4v) is 2.24. The van der Waals surface area contributed by atoms with E-state index in [1.54, 1.807) is 11.7 Å². The number of nitrogen functional groups attached to an aromatic ring is 1. The van der Waals surface area contributed by atoms with Crippen LogP contribution in [0.4, 0.5) is 5.82 Å². The van der Waals surface area contributed by atoms with Gasteiger partial charge in [-0.2, -0.15) is 0 Å². The molecule has 0 bridgehead atoms. The van der Waals surface area contributed by atoms with Gasteiger partial charge in [-0.05, 0) is 23.9 Å². The number of rotatable bonds is 4. The van der Waals surface area contributed by atoms with E-state index in [4.69, 9.17) is 10.5 Å². The average molecular weight is 246 g/mol. The molecule has 1 aromatic carbocycles. The van der Waals surface area contributed by atoms with Gasteiger partial charge in [0.1, 0.15) is 5.82 Å². The van der Waals surface area contributed by atoms with E-state index in [1.165, 1.54) is 0 Å². The van der Waals surface area contributed by atoms with Crippen LogP contribution in [0.25, 0.3) is 10.8 Å².